The van der Waals surface area contributed by atoms with Crippen LogP contribution in [0, 0.1) is 20.8 Å². The lowest BCUT2D eigenvalue weighted by Gasteiger charge is -2.13. The van der Waals surface area contributed by atoms with Crippen molar-refractivity contribution in [2.24, 2.45) is 0 Å². The van der Waals surface area contributed by atoms with Crippen LogP contribution in [0.15, 0.2) is 54.6 Å². The second-order valence-electron chi connectivity index (χ2n) is 7.42. The third kappa shape index (κ3) is 3.72. The monoisotopic (exact) mass is 385 g/mol. The van der Waals surface area contributed by atoms with Crippen LogP contribution >= 0.6 is 0 Å². The highest BCUT2D eigenvalue weighted by Gasteiger charge is 2.21. The Morgan fingerprint density at radius 2 is 1.66 bits per heavy atom. The van der Waals surface area contributed by atoms with E-state index in [0.717, 1.165) is 44.8 Å². The van der Waals surface area contributed by atoms with Gasteiger partial charge in [-0.15, -0.1) is 0 Å². The second kappa shape index (κ2) is 7.43. The van der Waals surface area contributed by atoms with Gasteiger partial charge in [-0.2, -0.15) is 0 Å². The molecule has 5 nitrogen and oxygen atoms in total. The van der Waals surface area contributed by atoms with E-state index in [0.29, 0.717) is 6.54 Å². The van der Waals surface area contributed by atoms with Crippen molar-refractivity contribution in [3.05, 3.63) is 82.4 Å². The number of anilines is 2. The normalized spacial score (nSPS) is 12.3. The summed E-state index contributed by atoms with van der Waals surface area (Å²) in [5.41, 5.74) is 8.59. The van der Waals surface area contributed by atoms with Gasteiger partial charge in [-0.25, -0.2) is 4.79 Å². The van der Waals surface area contributed by atoms with Crippen LogP contribution in [0.3, 0.4) is 0 Å². The molecule has 0 radical (unpaired) electrons. The minimum absolute atomic E-state index is 0.0279. The first-order valence-electron chi connectivity index (χ1n) is 9.59. The summed E-state index contributed by atoms with van der Waals surface area (Å²) in [4.78, 5) is 24.3. The Hall–Kier alpha value is -3.60. The van der Waals surface area contributed by atoms with E-state index in [1.165, 1.54) is 5.56 Å². The van der Waals surface area contributed by atoms with Crippen LogP contribution in [0.25, 0.3) is 11.1 Å². The topological polar surface area (TPSA) is 70.2 Å². The molecule has 4 rings (SSSR count). The lowest BCUT2D eigenvalue weighted by atomic mass is 9.95. The van der Waals surface area contributed by atoms with Gasteiger partial charge in [0.25, 0.3) is 5.91 Å². The number of rotatable bonds is 3. The van der Waals surface area contributed by atoms with Gasteiger partial charge in [0.15, 0.2) is 0 Å². The summed E-state index contributed by atoms with van der Waals surface area (Å²) < 4.78 is 0. The Balaban J connectivity index is 1.53. The van der Waals surface area contributed by atoms with Gasteiger partial charge in [0, 0.05) is 23.5 Å². The maximum atomic E-state index is 12.4. The van der Waals surface area contributed by atoms with E-state index in [1.54, 1.807) is 0 Å². The lowest BCUT2D eigenvalue weighted by molar-refractivity contribution is 0.0965. The van der Waals surface area contributed by atoms with E-state index in [-0.39, 0.29) is 11.9 Å². The number of urea groups is 1. The number of carbonyl (C=O) groups is 2. The van der Waals surface area contributed by atoms with Crippen LogP contribution in [-0.2, 0) is 6.54 Å². The van der Waals surface area contributed by atoms with E-state index in [9.17, 15) is 9.59 Å². The van der Waals surface area contributed by atoms with Crippen molar-refractivity contribution in [2.75, 3.05) is 10.6 Å². The van der Waals surface area contributed by atoms with Crippen LogP contribution in [0.1, 0.15) is 32.6 Å². The van der Waals surface area contributed by atoms with Crippen LogP contribution in [-0.4, -0.2) is 11.9 Å². The average molecular weight is 385 g/mol. The number of benzene rings is 3. The molecule has 3 aromatic rings. The highest BCUT2D eigenvalue weighted by Crippen LogP contribution is 2.31. The molecule has 0 aromatic heterocycles. The third-order valence-electron chi connectivity index (χ3n) is 5.40. The summed E-state index contributed by atoms with van der Waals surface area (Å²) in [6.07, 6.45) is 0. The molecule has 146 valence electrons. The smallest absolute Gasteiger partial charge is 0.323 e. The highest BCUT2D eigenvalue weighted by atomic mass is 16.2. The summed E-state index contributed by atoms with van der Waals surface area (Å²) >= 11 is 0. The lowest BCUT2D eigenvalue weighted by Crippen LogP contribution is -2.20. The van der Waals surface area contributed by atoms with Crippen molar-refractivity contribution in [3.63, 3.8) is 0 Å². The number of nitrogens with one attached hydrogen (secondary N) is 3. The second-order valence-corrected chi connectivity index (χ2v) is 7.42. The van der Waals surface area contributed by atoms with Crippen molar-refractivity contribution >= 4 is 23.3 Å². The van der Waals surface area contributed by atoms with E-state index < -0.39 is 0 Å². The first-order valence-corrected chi connectivity index (χ1v) is 9.59. The molecule has 0 unspecified atom stereocenters. The van der Waals surface area contributed by atoms with E-state index in [4.69, 9.17) is 0 Å². The highest BCUT2D eigenvalue weighted by molar-refractivity contribution is 6.01. The molecule has 0 aliphatic carbocycles. The Morgan fingerprint density at radius 1 is 0.862 bits per heavy atom. The summed E-state index contributed by atoms with van der Waals surface area (Å²) in [5.74, 6) is -0.0279. The van der Waals surface area contributed by atoms with Gasteiger partial charge in [-0.05, 0) is 84.5 Å². The number of aryl methyl sites for hydroxylation is 3. The molecule has 29 heavy (non-hydrogen) atoms. The van der Waals surface area contributed by atoms with Crippen LogP contribution in [0.4, 0.5) is 16.2 Å². The van der Waals surface area contributed by atoms with Crippen LogP contribution < -0.4 is 16.0 Å². The first-order chi connectivity index (χ1) is 13.9. The fourth-order valence-corrected chi connectivity index (χ4v) is 3.60. The van der Waals surface area contributed by atoms with Crippen LogP contribution in [0.5, 0.6) is 0 Å². The zero-order valence-electron chi connectivity index (χ0n) is 16.7. The number of amides is 3. The van der Waals surface area contributed by atoms with Gasteiger partial charge in [-0.3, -0.25) is 4.79 Å². The van der Waals surface area contributed by atoms with E-state index >= 15 is 0 Å². The van der Waals surface area contributed by atoms with Gasteiger partial charge < -0.3 is 16.0 Å². The van der Waals surface area contributed by atoms with Gasteiger partial charge in [0.05, 0.1) is 0 Å². The molecule has 1 heterocycles. The summed E-state index contributed by atoms with van der Waals surface area (Å²) in [6.45, 7) is 6.56. The Bertz CT molecular complexity index is 1130. The van der Waals surface area contributed by atoms with Crippen molar-refractivity contribution in [2.45, 2.75) is 27.3 Å². The van der Waals surface area contributed by atoms with E-state index in [1.807, 2.05) is 75.4 Å². The Labute approximate surface area is 170 Å². The fourth-order valence-electron chi connectivity index (χ4n) is 3.60. The minimum Gasteiger partial charge on any atom is -0.348 e. The van der Waals surface area contributed by atoms with Crippen molar-refractivity contribution in [1.29, 1.82) is 0 Å². The Morgan fingerprint density at radius 3 is 2.41 bits per heavy atom. The summed E-state index contributed by atoms with van der Waals surface area (Å²) in [7, 11) is 0. The Kier molecular flexibility index (Phi) is 4.80. The number of fused-ring (bicyclic) bond motifs is 1. The van der Waals surface area contributed by atoms with Crippen molar-refractivity contribution < 1.29 is 9.59 Å². The fraction of sp³-hybridized carbons (Fsp3) is 0.167. The van der Waals surface area contributed by atoms with Gasteiger partial charge >= 0.3 is 6.03 Å². The molecule has 1 aliphatic rings. The third-order valence-corrected chi connectivity index (χ3v) is 5.40. The van der Waals surface area contributed by atoms with Gasteiger partial charge in [-0.1, -0.05) is 24.3 Å². The molecule has 0 bridgehead atoms. The maximum absolute atomic E-state index is 12.4. The molecule has 5 heteroatoms. The molecule has 3 aromatic carbocycles. The van der Waals surface area contributed by atoms with Crippen LogP contribution in [0.2, 0.25) is 0 Å². The first kappa shape index (κ1) is 18.7. The number of carbonyl (C=O) groups excluding carboxylic acids is 2. The zero-order chi connectivity index (χ0) is 20.5. The maximum Gasteiger partial charge on any atom is 0.323 e. The molecule has 0 fully saturated rings. The SMILES string of the molecule is Cc1ccc(NC(=O)Nc2ccc(-c3cccc4c3CNC4=O)cc2C)cc1C. The van der Waals surface area contributed by atoms with Gasteiger partial charge in [0.1, 0.15) is 0 Å². The predicted molar refractivity (Wildman–Crippen MR) is 116 cm³/mol. The van der Waals surface area contributed by atoms with Gasteiger partial charge in [0.2, 0.25) is 0 Å². The number of hydrogen-bond donors (Lipinski definition) is 3. The number of hydrogen-bond acceptors (Lipinski definition) is 2. The predicted octanol–water partition coefficient (Wildman–Crippen LogP) is 5.17. The molecular weight excluding hydrogens is 362 g/mol. The molecule has 0 saturated carbocycles. The standard InChI is InChI=1S/C24H23N3O2/c1-14-7-9-18(12-15(14)2)26-24(29)27-22-10-8-17(11-16(22)3)19-5-4-6-20-21(19)13-25-23(20)28/h4-12H,13H2,1-3H3,(H,25,28)(H2,26,27,29). The largest absolute Gasteiger partial charge is 0.348 e. The molecule has 0 spiro atoms. The average Bonchev–Trinajstić information content (AvgIpc) is 3.07. The molecular formula is C24H23N3O2. The van der Waals surface area contributed by atoms with Crippen molar-refractivity contribution in [3.8, 4) is 11.1 Å². The molecule has 0 atom stereocenters. The molecule has 0 saturated heterocycles. The summed E-state index contributed by atoms with van der Waals surface area (Å²) in [5, 5.41) is 8.66. The molecule has 3 amide bonds. The molecule has 1 aliphatic heterocycles. The zero-order valence-corrected chi connectivity index (χ0v) is 16.7. The quantitative estimate of drug-likeness (QED) is 0.582. The molecule has 3 N–H and O–H groups in total. The van der Waals surface area contributed by atoms with E-state index in [2.05, 4.69) is 16.0 Å². The van der Waals surface area contributed by atoms with Crippen molar-refractivity contribution in [1.82, 2.24) is 5.32 Å². The summed E-state index contributed by atoms with van der Waals surface area (Å²) in [6, 6.07) is 17.2. The minimum atomic E-state index is -0.278.